The molecule has 1 unspecified atom stereocenters. The number of carboxylic acid groups (broad SMARTS) is 1. The van der Waals surface area contributed by atoms with Crippen LogP contribution in [0.2, 0.25) is 0 Å². The molecule has 1 atom stereocenters. The van der Waals surface area contributed by atoms with Gasteiger partial charge in [-0.15, -0.1) is 0 Å². The fourth-order valence-electron chi connectivity index (χ4n) is 0.823. The first kappa shape index (κ1) is 9.37. The van der Waals surface area contributed by atoms with Crippen LogP contribution in [0.15, 0.2) is 4.79 Å². The number of aliphatic carboxylic acids is 1. The standard InChI is InChI=1S/C7H9N3O3/c1-3(7(12)13)5-6(11)8-4(2)9-10-5/h3H,1-2H3,(H,12,13)(H,8,9,11). The van der Waals surface area contributed by atoms with Gasteiger partial charge in [0, 0.05) is 0 Å². The molecule has 0 aromatic carbocycles. The van der Waals surface area contributed by atoms with Crippen LogP contribution in [-0.2, 0) is 4.79 Å². The highest BCUT2D eigenvalue weighted by atomic mass is 16.4. The van der Waals surface area contributed by atoms with Crippen molar-refractivity contribution < 1.29 is 9.90 Å². The summed E-state index contributed by atoms with van der Waals surface area (Å²) in [5.41, 5.74) is -0.663. The van der Waals surface area contributed by atoms with E-state index in [9.17, 15) is 9.59 Å². The van der Waals surface area contributed by atoms with Crippen LogP contribution in [0.4, 0.5) is 0 Å². The van der Waals surface area contributed by atoms with Crippen LogP contribution in [0.3, 0.4) is 0 Å². The molecule has 0 spiro atoms. The monoisotopic (exact) mass is 183 g/mol. The molecule has 0 saturated heterocycles. The van der Waals surface area contributed by atoms with Gasteiger partial charge in [-0.25, -0.2) is 0 Å². The maximum absolute atomic E-state index is 11.1. The van der Waals surface area contributed by atoms with Crippen molar-refractivity contribution in [2.45, 2.75) is 19.8 Å². The minimum atomic E-state index is -1.09. The molecule has 0 aliphatic carbocycles. The Balaban J connectivity index is 3.16. The Morgan fingerprint density at radius 2 is 2.23 bits per heavy atom. The molecular formula is C7H9N3O3. The second-order valence-corrected chi connectivity index (χ2v) is 2.67. The number of hydrogen-bond donors (Lipinski definition) is 2. The normalized spacial score (nSPS) is 12.5. The Kier molecular flexibility index (Phi) is 2.41. The fraction of sp³-hybridized carbons (Fsp3) is 0.429. The van der Waals surface area contributed by atoms with E-state index >= 15 is 0 Å². The lowest BCUT2D eigenvalue weighted by atomic mass is 10.1. The van der Waals surface area contributed by atoms with E-state index in [1.165, 1.54) is 6.92 Å². The zero-order valence-corrected chi connectivity index (χ0v) is 7.24. The third-order valence-corrected chi connectivity index (χ3v) is 1.61. The highest BCUT2D eigenvalue weighted by Gasteiger charge is 2.19. The smallest absolute Gasteiger partial charge is 0.312 e. The summed E-state index contributed by atoms with van der Waals surface area (Å²) in [4.78, 5) is 25.2. The minimum absolute atomic E-state index is 0.0712. The van der Waals surface area contributed by atoms with E-state index in [-0.39, 0.29) is 5.69 Å². The number of nitrogens with zero attached hydrogens (tertiary/aromatic N) is 2. The second-order valence-electron chi connectivity index (χ2n) is 2.67. The predicted molar refractivity (Wildman–Crippen MR) is 43.4 cm³/mol. The van der Waals surface area contributed by atoms with Gasteiger partial charge in [0.15, 0.2) is 0 Å². The van der Waals surface area contributed by atoms with Gasteiger partial charge in [-0.2, -0.15) is 10.1 Å². The first-order chi connectivity index (χ1) is 6.02. The lowest BCUT2D eigenvalue weighted by Gasteiger charge is -2.02. The Morgan fingerprint density at radius 3 is 2.69 bits per heavy atom. The molecule has 0 aliphatic rings. The Hall–Kier alpha value is -1.72. The van der Waals surface area contributed by atoms with E-state index < -0.39 is 17.4 Å². The summed E-state index contributed by atoms with van der Waals surface area (Å²) in [6.45, 7) is 2.96. The average Bonchev–Trinajstić information content (AvgIpc) is 2.03. The number of rotatable bonds is 2. The highest BCUT2D eigenvalue weighted by Crippen LogP contribution is 2.05. The van der Waals surface area contributed by atoms with Crippen molar-refractivity contribution in [3.8, 4) is 0 Å². The molecule has 1 aromatic rings. The first-order valence-corrected chi connectivity index (χ1v) is 3.68. The van der Waals surface area contributed by atoms with Gasteiger partial charge in [-0.05, 0) is 13.8 Å². The predicted octanol–water partition coefficient (Wildman–Crippen LogP) is -0.339. The van der Waals surface area contributed by atoms with Crippen molar-refractivity contribution in [2.24, 2.45) is 0 Å². The number of aryl methyl sites for hydroxylation is 1. The number of nitrogens with one attached hydrogen (secondary N) is 1. The molecule has 1 rings (SSSR count). The molecule has 6 nitrogen and oxygen atoms in total. The van der Waals surface area contributed by atoms with Crippen LogP contribution in [0.25, 0.3) is 0 Å². The maximum atomic E-state index is 11.1. The molecule has 70 valence electrons. The number of carbonyl (C=O) groups is 1. The molecule has 0 bridgehead atoms. The van der Waals surface area contributed by atoms with E-state index in [0.29, 0.717) is 5.82 Å². The summed E-state index contributed by atoms with van der Waals surface area (Å²) in [5.74, 6) is -1.66. The Morgan fingerprint density at radius 1 is 1.62 bits per heavy atom. The van der Waals surface area contributed by atoms with Gasteiger partial charge in [0.1, 0.15) is 17.4 Å². The van der Waals surface area contributed by atoms with Gasteiger partial charge < -0.3 is 5.11 Å². The Labute approximate surface area is 73.6 Å². The molecule has 0 fully saturated rings. The fourth-order valence-corrected chi connectivity index (χ4v) is 0.823. The largest absolute Gasteiger partial charge is 0.481 e. The molecule has 1 aromatic heterocycles. The topological polar surface area (TPSA) is 95.9 Å². The minimum Gasteiger partial charge on any atom is -0.481 e. The van der Waals surface area contributed by atoms with E-state index in [1.807, 2.05) is 0 Å². The summed E-state index contributed by atoms with van der Waals surface area (Å²) in [6.07, 6.45) is 0. The van der Waals surface area contributed by atoms with Crippen LogP contribution in [0.1, 0.15) is 24.4 Å². The highest BCUT2D eigenvalue weighted by molar-refractivity contribution is 5.74. The summed E-state index contributed by atoms with van der Waals surface area (Å²) in [7, 11) is 0. The number of H-pyrrole nitrogens is 1. The van der Waals surface area contributed by atoms with E-state index in [0.717, 1.165) is 0 Å². The van der Waals surface area contributed by atoms with Gasteiger partial charge in [-0.3, -0.25) is 14.7 Å². The SMILES string of the molecule is Cc1nc(=O)c(C(C)C(=O)O)n[nH]1. The van der Waals surface area contributed by atoms with Crippen molar-refractivity contribution in [1.82, 2.24) is 15.2 Å². The van der Waals surface area contributed by atoms with E-state index in [2.05, 4.69) is 15.2 Å². The summed E-state index contributed by atoms with van der Waals surface area (Å²) in [5, 5.41) is 14.7. The number of carboxylic acids is 1. The van der Waals surface area contributed by atoms with Crippen LogP contribution in [0, 0.1) is 6.92 Å². The van der Waals surface area contributed by atoms with Crippen LogP contribution in [-0.4, -0.2) is 26.3 Å². The quantitative estimate of drug-likeness (QED) is 0.653. The number of aromatic nitrogens is 3. The van der Waals surface area contributed by atoms with Crippen LogP contribution < -0.4 is 5.56 Å². The van der Waals surface area contributed by atoms with Gasteiger partial charge in [0.05, 0.1) is 0 Å². The number of aromatic amines is 1. The molecule has 13 heavy (non-hydrogen) atoms. The van der Waals surface area contributed by atoms with Gasteiger partial charge in [0.25, 0.3) is 5.56 Å². The molecule has 0 amide bonds. The van der Waals surface area contributed by atoms with Crippen molar-refractivity contribution in [1.29, 1.82) is 0 Å². The molecule has 0 radical (unpaired) electrons. The average molecular weight is 183 g/mol. The molecule has 2 N–H and O–H groups in total. The summed E-state index contributed by atoms with van der Waals surface area (Å²) < 4.78 is 0. The lowest BCUT2D eigenvalue weighted by molar-refractivity contribution is -0.138. The van der Waals surface area contributed by atoms with Crippen molar-refractivity contribution in [2.75, 3.05) is 0 Å². The van der Waals surface area contributed by atoms with E-state index in [1.54, 1.807) is 6.92 Å². The van der Waals surface area contributed by atoms with Crippen molar-refractivity contribution in [3.05, 3.63) is 21.9 Å². The molecule has 1 heterocycles. The molecule has 0 saturated carbocycles. The van der Waals surface area contributed by atoms with Gasteiger partial charge >= 0.3 is 5.97 Å². The van der Waals surface area contributed by atoms with Crippen molar-refractivity contribution in [3.63, 3.8) is 0 Å². The second kappa shape index (κ2) is 3.34. The summed E-state index contributed by atoms with van der Waals surface area (Å²) >= 11 is 0. The Bertz CT molecular complexity index is 385. The first-order valence-electron chi connectivity index (χ1n) is 3.68. The van der Waals surface area contributed by atoms with Crippen LogP contribution in [0.5, 0.6) is 0 Å². The zero-order valence-electron chi connectivity index (χ0n) is 7.24. The third-order valence-electron chi connectivity index (χ3n) is 1.61. The maximum Gasteiger partial charge on any atom is 0.312 e. The molecule has 6 heteroatoms. The molecule has 0 aliphatic heterocycles. The van der Waals surface area contributed by atoms with Gasteiger partial charge in [-0.1, -0.05) is 0 Å². The summed E-state index contributed by atoms with van der Waals surface area (Å²) in [6, 6.07) is 0. The van der Waals surface area contributed by atoms with Crippen molar-refractivity contribution >= 4 is 5.97 Å². The number of hydrogen-bond acceptors (Lipinski definition) is 4. The molecular weight excluding hydrogens is 174 g/mol. The van der Waals surface area contributed by atoms with Crippen LogP contribution >= 0.6 is 0 Å². The zero-order chi connectivity index (χ0) is 10.0. The van der Waals surface area contributed by atoms with Gasteiger partial charge in [0.2, 0.25) is 0 Å². The van der Waals surface area contributed by atoms with E-state index in [4.69, 9.17) is 5.11 Å². The lowest BCUT2D eigenvalue weighted by Crippen LogP contribution is -2.23. The third kappa shape index (κ3) is 1.90.